The molecule has 1 aliphatic rings. The molecular weight excluding hydrogens is 560 g/mol. The summed E-state index contributed by atoms with van der Waals surface area (Å²) in [6, 6.07) is 25.5. The van der Waals surface area contributed by atoms with Gasteiger partial charge in [0, 0.05) is 28.1 Å². The van der Waals surface area contributed by atoms with Crippen LogP contribution in [0.3, 0.4) is 0 Å². The summed E-state index contributed by atoms with van der Waals surface area (Å²) in [4.78, 5) is 8.65. The van der Waals surface area contributed by atoms with Crippen molar-refractivity contribution in [2.24, 2.45) is 4.99 Å². The van der Waals surface area contributed by atoms with Gasteiger partial charge in [-0.3, -0.25) is 0 Å². The highest BCUT2D eigenvalue weighted by atomic mass is 16.3. The monoisotopic (exact) mass is 592 g/mol. The molecule has 3 aromatic heterocycles. The fourth-order valence-electron chi connectivity index (χ4n) is 6.44. The molecule has 4 heterocycles. The second-order valence-corrected chi connectivity index (χ2v) is 11.4. The van der Waals surface area contributed by atoms with Crippen LogP contribution >= 0.6 is 0 Å². The number of hydrogen-bond donors (Lipinski definition) is 3. The Labute approximate surface area is 261 Å². The number of nitrogens with zero attached hydrogens (tertiary/aromatic N) is 1. The fourth-order valence-corrected chi connectivity index (χ4v) is 6.44. The summed E-state index contributed by atoms with van der Waals surface area (Å²) in [5.41, 5.74) is 11.4. The van der Waals surface area contributed by atoms with E-state index in [0.29, 0.717) is 39.5 Å². The van der Waals surface area contributed by atoms with Crippen molar-refractivity contribution in [1.82, 2.24) is 4.98 Å². The molecule has 0 saturated heterocycles. The van der Waals surface area contributed by atoms with E-state index in [1.54, 1.807) is 12.5 Å². The number of aryl methyl sites for hydroxylation is 4. The standard InChI is InChI=1S/C39H32N2O4/c1-22-20-24(3)35(31-12-8-18-44-31)38(42)33(22)27-14-16-29(40-27)37(26-10-6-5-7-11-26)30-17-15-28(41-30)34-23(2)21-25(4)36(39(34)43)32-13-9-19-45-32/h5-21,40,42-43H,1-4H3/b37-30-. The molecule has 0 spiro atoms. The van der Waals surface area contributed by atoms with Crippen LogP contribution in [0.5, 0.6) is 11.5 Å². The molecular formula is C39H32N2O4. The topological polar surface area (TPSA) is 94.9 Å². The SMILES string of the molecule is Cc1cc(C)c(-c2ccco2)c(O)c1C1=N/C(=C(/c2ccccc2)c2ccc(-c3c(C)cc(C)c(-c4ccco4)c3O)[nH]2)C=C1. The molecule has 0 bridgehead atoms. The van der Waals surface area contributed by atoms with Crippen LogP contribution in [0.4, 0.5) is 0 Å². The van der Waals surface area contributed by atoms with Gasteiger partial charge in [0.15, 0.2) is 0 Å². The maximum atomic E-state index is 11.5. The van der Waals surface area contributed by atoms with E-state index in [0.717, 1.165) is 50.5 Å². The number of phenolic OH excluding ortho intramolecular Hbond substituents is 2. The third-order valence-electron chi connectivity index (χ3n) is 8.37. The van der Waals surface area contributed by atoms with Crippen LogP contribution in [0.2, 0.25) is 0 Å². The first-order valence-corrected chi connectivity index (χ1v) is 14.8. The highest BCUT2D eigenvalue weighted by Gasteiger charge is 2.24. The molecule has 7 rings (SSSR count). The minimum absolute atomic E-state index is 0.146. The number of phenols is 2. The van der Waals surface area contributed by atoms with Crippen molar-refractivity contribution < 1.29 is 19.0 Å². The molecule has 0 aliphatic carbocycles. The molecule has 0 atom stereocenters. The summed E-state index contributed by atoms with van der Waals surface area (Å²) in [6.45, 7) is 7.91. The van der Waals surface area contributed by atoms with Crippen molar-refractivity contribution in [3.8, 4) is 45.4 Å². The summed E-state index contributed by atoms with van der Waals surface area (Å²) < 4.78 is 11.3. The number of H-pyrrole nitrogens is 1. The van der Waals surface area contributed by atoms with Crippen LogP contribution in [0.25, 0.3) is 39.5 Å². The van der Waals surface area contributed by atoms with Crippen molar-refractivity contribution in [2.75, 3.05) is 0 Å². The Balaban J connectivity index is 1.37. The van der Waals surface area contributed by atoms with Crippen molar-refractivity contribution in [1.29, 1.82) is 0 Å². The van der Waals surface area contributed by atoms with Gasteiger partial charge in [-0.25, -0.2) is 4.99 Å². The van der Waals surface area contributed by atoms with Gasteiger partial charge in [-0.15, -0.1) is 0 Å². The molecule has 0 unspecified atom stereocenters. The lowest BCUT2D eigenvalue weighted by Crippen LogP contribution is -2.01. The van der Waals surface area contributed by atoms with Gasteiger partial charge in [0.2, 0.25) is 0 Å². The average molecular weight is 593 g/mol. The number of aliphatic imine (C=N–C) groups is 1. The number of allylic oxidation sites excluding steroid dienone is 2. The van der Waals surface area contributed by atoms with Gasteiger partial charge in [0.1, 0.15) is 23.0 Å². The van der Waals surface area contributed by atoms with Crippen LogP contribution in [-0.2, 0) is 0 Å². The molecule has 0 saturated carbocycles. The zero-order valence-electron chi connectivity index (χ0n) is 25.5. The maximum Gasteiger partial charge on any atom is 0.137 e. The molecule has 6 aromatic rings. The van der Waals surface area contributed by atoms with Crippen molar-refractivity contribution in [3.63, 3.8) is 0 Å². The van der Waals surface area contributed by atoms with Gasteiger partial charge in [-0.2, -0.15) is 0 Å². The van der Waals surface area contributed by atoms with E-state index in [2.05, 4.69) is 23.2 Å². The van der Waals surface area contributed by atoms with E-state index in [4.69, 9.17) is 13.8 Å². The minimum atomic E-state index is 0.146. The van der Waals surface area contributed by atoms with E-state index in [9.17, 15) is 10.2 Å². The molecule has 3 aromatic carbocycles. The van der Waals surface area contributed by atoms with E-state index in [-0.39, 0.29) is 11.5 Å². The number of rotatable bonds is 6. The van der Waals surface area contributed by atoms with Crippen LogP contribution in [-0.4, -0.2) is 20.9 Å². The smallest absolute Gasteiger partial charge is 0.137 e. The normalized spacial score (nSPS) is 13.8. The van der Waals surface area contributed by atoms with E-state index >= 15 is 0 Å². The number of benzene rings is 3. The van der Waals surface area contributed by atoms with Gasteiger partial charge < -0.3 is 24.0 Å². The van der Waals surface area contributed by atoms with Crippen LogP contribution in [0.1, 0.15) is 39.1 Å². The van der Waals surface area contributed by atoms with Crippen LogP contribution in [0.15, 0.2) is 123 Å². The van der Waals surface area contributed by atoms with Crippen LogP contribution in [0, 0.1) is 27.7 Å². The largest absolute Gasteiger partial charge is 0.506 e. The predicted molar refractivity (Wildman–Crippen MR) is 178 cm³/mol. The van der Waals surface area contributed by atoms with E-state index in [1.807, 2.05) is 101 Å². The molecule has 0 radical (unpaired) electrons. The number of aromatic nitrogens is 1. The fraction of sp³-hybridized carbons (Fsp3) is 0.103. The van der Waals surface area contributed by atoms with Gasteiger partial charge in [0.25, 0.3) is 0 Å². The average Bonchev–Trinajstić information content (AvgIpc) is 3.83. The Hall–Kier alpha value is -5.75. The number of hydrogen-bond acceptors (Lipinski definition) is 5. The van der Waals surface area contributed by atoms with Crippen molar-refractivity contribution in [3.05, 3.63) is 148 Å². The maximum absolute atomic E-state index is 11.5. The Morgan fingerprint density at radius 1 is 0.622 bits per heavy atom. The van der Waals surface area contributed by atoms with Gasteiger partial charge in [-0.1, -0.05) is 42.5 Å². The molecule has 6 heteroatoms. The Kier molecular flexibility index (Phi) is 6.90. The molecule has 1 aliphatic heterocycles. The summed E-state index contributed by atoms with van der Waals surface area (Å²) in [5.74, 6) is 1.54. The minimum Gasteiger partial charge on any atom is -0.506 e. The molecule has 0 amide bonds. The van der Waals surface area contributed by atoms with Crippen LogP contribution < -0.4 is 0 Å². The van der Waals surface area contributed by atoms with Gasteiger partial charge in [0.05, 0.1) is 35.1 Å². The lowest BCUT2D eigenvalue weighted by Gasteiger charge is -2.14. The molecule has 45 heavy (non-hydrogen) atoms. The zero-order chi connectivity index (χ0) is 31.2. The second-order valence-electron chi connectivity index (χ2n) is 11.4. The third kappa shape index (κ3) is 4.81. The summed E-state index contributed by atoms with van der Waals surface area (Å²) >= 11 is 0. The first-order valence-electron chi connectivity index (χ1n) is 14.8. The molecule has 6 nitrogen and oxygen atoms in total. The highest BCUT2D eigenvalue weighted by molar-refractivity contribution is 6.15. The summed E-state index contributed by atoms with van der Waals surface area (Å²) in [5, 5.41) is 23.0. The zero-order valence-corrected chi connectivity index (χ0v) is 25.5. The lowest BCUT2D eigenvalue weighted by atomic mass is 9.94. The second kappa shape index (κ2) is 11.1. The predicted octanol–water partition coefficient (Wildman–Crippen LogP) is 9.67. The van der Waals surface area contributed by atoms with Gasteiger partial charge in [-0.05, 0) is 104 Å². The first-order chi connectivity index (χ1) is 21.8. The van der Waals surface area contributed by atoms with E-state index < -0.39 is 0 Å². The molecule has 222 valence electrons. The Morgan fingerprint density at radius 2 is 1.20 bits per heavy atom. The van der Waals surface area contributed by atoms with Crippen molar-refractivity contribution in [2.45, 2.75) is 27.7 Å². The molecule has 0 fully saturated rings. The highest BCUT2D eigenvalue weighted by Crippen LogP contribution is 2.44. The van der Waals surface area contributed by atoms with E-state index in [1.165, 1.54) is 0 Å². The Morgan fingerprint density at radius 3 is 1.80 bits per heavy atom. The number of aromatic hydroxyl groups is 2. The number of nitrogens with one attached hydrogen (secondary N) is 1. The summed E-state index contributed by atoms with van der Waals surface area (Å²) in [6.07, 6.45) is 7.14. The quantitative estimate of drug-likeness (QED) is 0.179. The summed E-state index contributed by atoms with van der Waals surface area (Å²) in [7, 11) is 0. The Bertz CT molecular complexity index is 2140. The molecule has 3 N–H and O–H groups in total. The van der Waals surface area contributed by atoms with Crippen molar-refractivity contribution >= 4 is 11.3 Å². The van der Waals surface area contributed by atoms with Gasteiger partial charge >= 0.3 is 0 Å². The first kappa shape index (κ1) is 28.0. The number of aromatic amines is 1. The third-order valence-corrected chi connectivity index (χ3v) is 8.37. The number of furan rings is 2. The lowest BCUT2D eigenvalue weighted by molar-refractivity contribution is 0.471.